The van der Waals surface area contributed by atoms with Crippen molar-refractivity contribution in [1.82, 2.24) is 9.62 Å². The van der Waals surface area contributed by atoms with Crippen LogP contribution in [0.15, 0.2) is 47.4 Å². The van der Waals surface area contributed by atoms with Crippen molar-refractivity contribution in [2.24, 2.45) is 0 Å². The van der Waals surface area contributed by atoms with E-state index in [0.29, 0.717) is 37.4 Å². The predicted octanol–water partition coefficient (Wildman–Crippen LogP) is 2.18. The molecule has 1 fully saturated rings. The van der Waals surface area contributed by atoms with E-state index in [1.54, 1.807) is 21.9 Å². The Morgan fingerprint density at radius 2 is 1.65 bits per heavy atom. The minimum absolute atomic E-state index is 0.0257. The molecule has 7 nitrogen and oxygen atoms in total. The normalized spacial score (nSPS) is 14.5. The number of carbonyl (C=O) groups is 2. The monoisotopic (exact) mass is 451 g/mol. The zero-order valence-corrected chi connectivity index (χ0v) is 17.8. The number of halogens is 2. The molecule has 31 heavy (non-hydrogen) atoms. The number of nitrogens with one attached hydrogen (secondary N) is 1. The van der Waals surface area contributed by atoms with Gasteiger partial charge in [0.25, 0.3) is 0 Å². The number of hydrogen-bond donors (Lipinski definition) is 1. The first kappa shape index (κ1) is 22.8. The summed E-state index contributed by atoms with van der Waals surface area (Å²) in [4.78, 5) is 27.1. The van der Waals surface area contributed by atoms with Gasteiger partial charge in [-0.1, -0.05) is 0 Å². The first-order valence-electron chi connectivity index (χ1n) is 9.76. The molecule has 2 aromatic carbocycles. The summed E-state index contributed by atoms with van der Waals surface area (Å²) in [6, 6.07) is 8.76. The lowest BCUT2D eigenvalue weighted by atomic mass is 10.1. The van der Waals surface area contributed by atoms with Crippen molar-refractivity contribution < 1.29 is 26.8 Å². The Bertz CT molecular complexity index is 1070. The maximum absolute atomic E-state index is 14.3. The van der Waals surface area contributed by atoms with Crippen LogP contribution in [0.25, 0.3) is 0 Å². The highest BCUT2D eigenvalue weighted by Gasteiger charge is 2.23. The zero-order valence-electron chi connectivity index (χ0n) is 17.0. The van der Waals surface area contributed by atoms with Crippen LogP contribution in [0.2, 0.25) is 0 Å². The second-order valence-electron chi connectivity index (χ2n) is 7.19. The minimum Gasteiger partial charge on any atom is -0.366 e. The average Bonchev–Trinajstić information content (AvgIpc) is 2.74. The number of nitrogens with zero attached hydrogens (tertiary/aromatic N) is 2. The topological polar surface area (TPSA) is 86.8 Å². The van der Waals surface area contributed by atoms with E-state index in [0.717, 1.165) is 24.3 Å². The van der Waals surface area contributed by atoms with Crippen molar-refractivity contribution in [3.05, 3.63) is 59.7 Å². The Morgan fingerprint density at radius 3 is 2.23 bits per heavy atom. The van der Waals surface area contributed by atoms with Gasteiger partial charge in [0.2, 0.25) is 15.9 Å². The molecule has 1 N–H and O–H groups in total. The van der Waals surface area contributed by atoms with Crippen LogP contribution >= 0.6 is 0 Å². The summed E-state index contributed by atoms with van der Waals surface area (Å²) >= 11 is 0. The van der Waals surface area contributed by atoms with Crippen LogP contribution in [-0.2, 0) is 14.8 Å². The molecule has 0 bridgehead atoms. The van der Waals surface area contributed by atoms with Crippen molar-refractivity contribution in [3.8, 4) is 0 Å². The van der Waals surface area contributed by atoms with Gasteiger partial charge in [0.15, 0.2) is 5.78 Å². The SMILES string of the molecule is CC(=O)c1ccc(N2CCN(C(=O)CCNS(=O)(=O)c3ccc(F)cc3)CC2)c(F)c1. The summed E-state index contributed by atoms with van der Waals surface area (Å²) < 4.78 is 54.0. The van der Waals surface area contributed by atoms with Crippen molar-refractivity contribution >= 4 is 27.4 Å². The van der Waals surface area contributed by atoms with Crippen LogP contribution < -0.4 is 9.62 Å². The molecule has 0 saturated carbocycles. The van der Waals surface area contributed by atoms with Gasteiger partial charge in [0, 0.05) is 44.7 Å². The number of carbonyl (C=O) groups excluding carboxylic acids is 2. The molecule has 1 aliphatic rings. The van der Waals surface area contributed by atoms with E-state index >= 15 is 0 Å². The molecule has 1 aliphatic heterocycles. The van der Waals surface area contributed by atoms with Gasteiger partial charge in [0.1, 0.15) is 11.6 Å². The van der Waals surface area contributed by atoms with Crippen LogP contribution in [0.3, 0.4) is 0 Å². The highest BCUT2D eigenvalue weighted by molar-refractivity contribution is 7.89. The first-order valence-corrected chi connectivity index (χ1v) is 11.2. The number of ketones is 1. The zero-order chi connectivity index (χ0) is 22.6. The Labute approximate surface area is 179 Å². The summed E-state index contributed by atoms with van der Waals surface area (Å²) in [5.41, 5.74) is 0.683. The molecular weight excluding hydrogens is 428 g/mol. The molecule has 1 heterocycles. The number of anilines is 1. The van der Waals surface area contributed by atoms with Gasteiger partial charge in [-0.3, -0.25) is 9.59 Å². The fourth-order valence-corrected chi connectivity index (χ4v) is 4.36. The smallest absolute Gasteiger partial charge is 0.240 e. The van der Waals surface area contributed by atoms with E-state index in [2.05, 4.69) is 4.72 Å². The summed E-state index contributed by atoms with van der Waals surface area (Å²) in [5.74, 6) is -1.45. The molecule has 0 spiro atoms. The molecule has 166 valence electrons. The fourth-order valence-electron chi connectivity index (χ4n) is 3.33. The van der Waals surface area contributed by atoms with E-state index in [1.165, 1.54) is 13.0 Å². The van der Waals surface area contributed by atoms with Crippen molar-refractivity contribution in [3.63, 3.8) is 0 Å². The predicted molar refractivity (Wildman–Crippen MR) is 111 cm³/mol. The number of rotatable bonds is 7. The van der Waals surface area contributed by atoms with Crippen LogP contribution in [0.1, 0.15) is 23.7 Å². The van der Waals surface area contributed by atoms with Crippen LogP contribution in [0, 0.1) is 11.6 Å². The quantitative estimate of drug-likeness (QED) is 0.652. The second-order valence-corrected chi connectivity index (χ2v) is 8.96. The van der Waals surface area contributed by atoms with E-state index in [-0.39, 0.29) is 29.6 Å². The van der Waals surface area contributed by atoms with E-state index in [4.69, 9.17) is 0 Å². The van der Waals surface area contributed by atoms with E-state index in [9.17, 15) is 26.8 Å². The molecule has 0 aliphatic carbocycles. The summed E-state index contributed by atoms with van der Waals surface area (Å²) in [6.45, 7) is 2.88. The number of Topliss-reactive ketones (excluding diaryl/α,β-unsaturated/α-hetero) is 1. The molecule has 2 aromatic rings. The Hall–Kier alpha value is -2.85. The molecule has 10 heteroatoms. The number of piperazine rings is 1. The molecule has 0 atom stereocenters. The van der Waals surface area contributed by atoms with Crippen molar-refractivity contribution in [2.75, 3.05) is 37.6 Å². The van der Waals surface area contributed by atoms with Gasteiger partial charge in [-0.25, -0.2) is 21.9 Å². The van der Waals surface area contributed by atoms with Crippen molar-refractivity contribution in [1.29, 1.82) is 0 Å². The van der Waals surface area contributed by atoms with E-state index < -0.39 is 21.7 Å². The molecule has 0 aromatic heterocycles. The molecule has 0 radical (unpaired) electrons. The highest BCUT2D eigenvalue weighted by Crippen LogP contribution is 2.22. The van der Waals surface area contributed by atoms with Gasteiger partial charge in [-0.2, -0.15) is 0 Å². The lowest BCUT2D eigenvalue weighted by molar-refractivity contribution is -0.131. The van der Waals surface area contributed by atoms with E-state index in [1.807, 2.05) is 0 Å². The lowest BCUT2D eigenvalue weighted by Gasteiger charge is -2.36. The van der Waals surface area contributed by atoms with Gasteiger partial charge >= 0.3 is 0 Å². The largest absolute Gasteiger partial charge is 0.366 e. The fraction of sp³-hybridized carbons (Fsp3) is 0.333. The summed E-state index contributed by atoms with van der Waals surface area (Å²) in [5, 5.41) is 0. The van der Waals surface area contributed by atoms with Gasteiger partial charge in [-0.05, 0) is 49.4 Å². The molecule has 1 amide bonds. The minimum atomic E-state index is -3.82. The average molecular weight is 451 g/mol. The number of hydrogen-bond acceptors (Lipinski definition) is 5. The molecule has 1 saturated heterocycles. The summed E-state index contributed by atoms with van der Waals surface area (Å²) in [7, 11) is -3.82. The van der Waals surface area contributed by atoms with Gasteiger partial charge in [0.05, 0.1) is 10.6 Å². The van der Waals surface area contributed by atoms with Crippen LogP contribution in [-0.4, -0.2) is 57.7 Å². The Morgan fingerprint density at radius 1 is 1.00 bits per heavy atom. The molecule has 0 unspecified atom stereocenters. The lowest BCUT2D eigenvalue weighted by Crippen LogP contribution is -2.49. The number of benzene rings is 2. The summed E-state index contributed by atoms with van der Waals surface area (Å²) in [6.07, 6.45) is -0.0257. The third-order valence-electron chi connectivity index (χ3n) is 5.08. The maximum atomic E-state index is 14.3. The van der Waals surface area contributed by atoms with Gasteiger partial charge in [-0.15, -0.1) is 0 Å². The Balaban J connectivity index is 1.49. The third-order valence-corrected chi connectivity index (χ3v) is 6.56. The number of sulfonamides is 1. The number of amides is 1. The van der Waals surface area contributed by atoms with Crippen LogP contribution in [0.5, 0.6) is 0 Å². The molecular formula is C21H23F2N3O4S. The highest BCUT2D eigenvalue weighted by atomic mass is 32.2. The van der Waals surface area contributed by atoms with Gasteiger partial charge < -0.3 is 9.80 Å². The Kier molecular flexibility index (Phi) is 7.01. The van der Waals surface area contributed by atoms with Crippen molar-refractivity contribution in [2.45, 2.75) is 18.2 Å². The standard InChI is InChI=1S/C21H23F2N3O4S/c1-15(27)16-2-7-20(19(23)14-16)25-10-12-26(13-11-25)21(28)8-9-24-31(29,30)18-5-3-17(22)4-6-18/h2-7,14,24H,8-13H2,1H3. The maximum Gasteiger partial charge on any atom is 0.240 e. The van der Waals surface area contributed by atoms with Crippen LogP contribution in [0.4, 0.5) is 14.5 Å². The molecule has 3 rings (SSSR count). The second kappa shape index (κ2) is 9.52. The first-order chi connectivity index (χ1) is 14.7. The third kappa shape index (κ3) is 5.65.